The first-order valence-corrected chi connectivity index (χ1v) is 8.97. The lowest BCUT2D eigenvalue weighted by atomic mass is 10.1. The van der Waals surface area contributed by atoms with E-state index >= 15 is 0 Å². The molecule has 0 saturated carbocycles. The zero-order valence-electron chi connectivity index (χ0n) is 14.9. The van der Waals surface area contributed by atoms with Crippen LogP contribution < -0.4 is 15.0 Å². The highest BCUT2D eigenvalue weighted by Crippen LogP contribution is 2.35. The van der Waals surface area contributed by atoms with Gasteiger partial charge in [0.2, 0.25) is 0 Å². The summed E-state index contributed by atoms with van der Waals surface area (Å²) in [5, 5.41) is 20.1. The monoisotopic (exact) mass is 450 g/mol. The number of carboxylic acids is 1. The second-order valence-electron chi connectivity index (χ2n) is 5.97. The number of barbiturate groups is 1. The van der Waals surface area contributed by atoms with Crippen LogP contribution in [-0.4, -0.2) is 40.6 Å². The lowest BCUT2D eigenvalue weighted by Crippen LogP contribution is -2.54. The highest BCUT2D eigenvalue weighted by atomic mass is 35.5. The van der Waals surface area contributed by atoms with Crippen molar-refractivity contribution in [1.29, 1.82) is 0 Å². The van der Waals surface area contributed by atoms with Crippen LogP contribution in [0.25, 0.3) is 6.08 Å². The lowest BCUT2D eigenvalue weighted by molar-refractivity contribution is -0.139. The molecule has 0 spiro atoms. The van der Waals surface area contributed by atoms with E-state index in [-0.39, 0.29) is 38.4 Å². The van der Waals surface area contributed by atoms with Gasteiger partial charge in [-0.1, -0.05) is 23.2 Å². The van der Waals surface area contributed by atoms with E-state index < -0.39 is 30.4 Å². The van der Waals surface area contributed by atoms with Gasteiger partial charge >= 0.3 is 12.0 Å². The number of aliphatic carboxylic acids is 1. The van der Waals surface area contributed by atoms with Crippen LogP contribution in [0, 0.1) is 0 Å². The molecular formula is C19H12Cl2N2O7. The van der Waals surface area contributed by atoms with Gasteiger partial charge in [0.15, 0.2) is 12.4 Å². The Labute approximate surface area is 179 Å². The number of phenols is 1. The van der Waals surface area contributed by atoms with Crippen molar-refractivity contribution in [3.63, 3.8) is 0 Å². The third kappa shape index (κ3) is 4.37. The quantitative estimate of drug-likeness (QED) is 0.470. The number of urea groups is 1. The number of nitrogens with one attached hydrogen (secondary N) is 1. The fourth-order valence-electron chi connectivity index (χ4n) is 2.59. The molecule has 0 aromatic heterocycles. The molecule has 1 fully saturated rings. The largest absolute Gasteiger partial charge is 0.508 e. The van der Waals surface area contributed by atoms with E-state index in [0.717, 1.165) is 4.90 Å². The van der Waals surface area contributed by atoms with Crippen molar-refractivity contribution in [2.45, 2.75) is 0 Å². The molecule has 1 saturated heterocycles. The standard InChI is InChI=1S/C19H12Cl2N2O7/c20-13-6-9(7-14(21)16(13)30-8-15(25)26)5-12-17(27)22-19(29)23(18(12)28)10-1-3-11(24)4-2-10/h1-7,24H,8H2,(H,25,26)(H,22,27,29)/b12-5+. The first-order valence-electron chi connectivity index (χ1n) is 8.21. The SMILES string of the molecule is O=C(O)COc1c(Cl)cc(/C=C2\C(=O)NC(=O)N(c3ccc(O)cc3)C2=O)cc1Cl. The van der Waals surface area contributed by atoms with Gasteiger partial charge in [-0.05, 0) is 48.0 Å². The maximum absolute atomic E-state index is 12.8. The molecular weight excluding hydrogens is 439 g/mol. The molecule has 3 rings (SSSR count). The third-order valence-corrected chi connectivity index (χ3v) is 4.44. The topological polar surface area (TPSA) is 133 Å². The molecule has 11 heteroatoms. The van der Waals surface area contributed by atoms with Gasteiger partial charge in [0.05, 0.1) is 15.7 Å². The van der Waals surface area contributed by atoms with Crippen molar-refractivity contribution in [3.05, 3.63) is 57.6 Å². The maximum Gasteiger partial charge on any atom is 0.341 e. The Kier molecular flexibility index (Phi) is 5.95. The molecule has 1 aliphatic heterocycles. The number of hydrogen-bond acceptors (Lipinski definition) is 6. The first kappa shape index (κ1) is 21.2. The van der Waals surface area contributed by atoms with Crippen molar-refractivity contribution in [2.75, 3.05) is 11.5 Å². The second-order valence-corrected chi connectivity index (χ2v) is 6.78. The fraction of sp³-hybridized carbons (Fsp3) is 0.0526. The van der Waals surface area contributed by atoms with Crippen LogP contribution in [0.2, 0.25) is 10.0 Å². The van der Waals surface area contributed by atoms with Crippen molar-refractivity contribution < 1.29 is 34.1 Å². The minimum Gasteiger partial charge on any atom is -0.508 e. The van der Waals surface area contributed by atoms with E-state index in [9.17, 15) is 24.3 Å². The Balaban J connectivity index is 1.96. The molecule has 0 bridgehead atoms. The molecule has 1 heterocycles. The summed E-state index contributed by atoms with van der Waals surface area (Å²) >= 11 is 12.1. The van der Waals surface area contributed by atoms with Crippen LogP contribution in [0.5, 0.6) is 11.5 Å². The molecule has 9 nitrogen and oxygen atoms in total. The number of rotatable bonds is 5. The number of aromatic hydroxyl groups is 1. The Hall–Kier alpha value is -3.56. The molecule has 154 valence electrons. The van der Waals surface area contributed by atoms with Gasteiger partial charge in [-0.25, -0.2) is 14.5 Å². The number of carboxylic acid groups (broad SMARTS) is 1. The predicted octanol–water partition coefficient (Wildman–Crippen LogP) is 2.83. The number of imide groups is 2. The lowest BCUT2D eigenvalue weighted by Gasteiger charge is -2.26. The number of halogens is 2. The Morgan fingerprint density at radius 3 is 2.27 bits per heavy atom. The third-order valence-electron chi connectivity index (χ3n) is 3.88. The van der Waals surface area contributed by atoms with E-state index in [1.165, 1.54) is 42.5 Å². The van der Waals surface area contributed by atoms with E-state index in [1.807, 2.05) is 0 Å². The van der Waals surface area contributed by atoms with Crippen molar-refractivity contribution in [1.82, 2.24) is 5.32 Å². The summed E-state index contributed by atoms with van der Waals surface area (Å²) in [7, 11) is 0. The number of carbonyl (C=O) groups excluding carboxylic acids is 3. The summed E-state index contributed by atoms with van der Waals surface area (Å²) < 4.78 is 5.01. The molecule has 0 aliphatic carbocycles. The highest BCUT2D eigenvalue weighted by Gasteiger charge is 2.36. The smallest absolute Gasteiger partial charge is 0.341 e. The van der Waals surface area contributed by atoms with Crippen LogP contribution in [-0.2, 0) is 14.4 Å². The molecule has 0 radical (unpaired) electrons. The normalized spacial score (nSPS) is 15.3. The van der Waals surface area contributed by atoms with Crippen molar-refractivity contribution in [3.8, 4) is 11.5 Å². The van der Waals surface area contributed by atoms with Gasteiger partial charge in [-0.3, -0.25) is 14.9 Å². The van der Waals surface area contributed by atoms with Crippen molar-refractivity contribution >= 4 is 58.8 Å². The number of ether oxygens (including phenoxy) is 1. The van der Waals surface area contributed by atoms with E-state index in [0.29, 0.717) is 0 Å². The molecule has 30 heavy (non-hydrogen) atoms. The van der Waals surface area contributed by atoms with Crippen LogP contribution in [0.15, 0.2) is 42.0 Å². The first-order chi connectivity index (χ1) is 14.2. The Morgan fingerprint density at radius 2 is 1.70 bits per heavy atom. The number of benzene rings is 2. The van der Waals surface area contributed by atoms with Gasteiger partial charge in [0, 0.05) is 0 Å². The number of nitrogens with zero attached hydrogens (tertiary/aromatic N) is 1. The average molecular weight is 451 g/mol. The van der Waals surface area contributed by atoms with Gasteiger partial charge in [-0.2, -0.15) is 0 Å². The number of hydrogen-bond donors (Lipinski definition) is 3. The minimum absolute atomic E-state index is 0.0364. The molecule has 2 aromatic carbocycles. The van der Waals surface area contributed by atoms with E-state index in [2.05, 4.69) is 5.32 Å². The number of anilines is 1. The van der Waals surface area contributed by atoms with Gasteiger partial charge in [-0.15, -0.1) is 0 Å². The Bertz CT molecular complexity index is 1070. The summed E-state index contributed by atoms with van der Waals surface area (Å²) in [6.07, 6.45) is 1.18. The van der Waals surface area contributed by atoms with Gasteiger partial charge in [0.1, 0.15) is 11.3 Å². The average Bonchev–Trinajstić information content (AvgIpc) is 2.65. The van der Waals surface area contributed by atoms with Crippen LogP contribution in [0.3, 0.4) is 0 Å². The van der Waals surface area contributed by atoms with Gasteiger partial charge < -0.3 is 14.9 Å². The Morgan fingerprint density at radius 1 is 1.10 bits per heavy atom. The van der Waals surface area contributed by atoms with E-state index in [1.54, 1.807) is 0 Å². The fourth-order valence-corrected chi connectivity index (χ4v) is 3.21. The van der Waals surface area contributed by atoms with Crippen LogP contribution >= 0.6 is 23.2 Å². The molecule has 0 unspecified atom stereocenters. The maximum atomic E-state index is 12.8. The zero-order valence-corrected chi connectivity index (χ0v) is 16.4. The molecule has 2 aromatic rings. The number of amides is 4. The summed E-state index contributed by atoms with van der Waals surface area (Å²) in [5.74, 6) is -3.17. The summed E-state index contributed by atoms with van der Waals surface area (Å²) in [5.41, 5.74) is 0.0161. The number of phenolic OH excluding ortho intramolecular Hbond substituents is 1. The van der Waals surface area contributed by atoms with Gasteiger partial charge in [0.25, 0.3) is 11.8 Å². The molecule has 1 aliphatic rings. The van der Waals surface area contributed by atoms with Crippen LogP contribution in [0.4, 0.5) is 10.5 Å². The predicted molar refractivity (Wildman–Crippen MR) is 107 cm³/mol. The molecule has 4 amide bonds. The summed E-state index contributed by atoms with van der Waals surface area (Å²) in [4.78, 5) is 48.6. The molecule has 3 N–H and O–H groups in total. The van der Waals surface area contributed by atoms with Crippen molar-refractivity contribution in [2.24, 2.45) is 0 Å². The number of carbonyl (C=O) groups is 4. The summed E-state index contributed by atoms with van der Waals surface area (Å²) in [6, 6.07) is 6.93. The van der Waals surface area contributed by atoms with Crippen LogP contribution in [0.1, 0.15) is 5.56 Å². The minimum atomic E-state index is -1.23. The van der Waals surface area contributed by atoms with E-state index in [4.69, 9.17) is 33.0 Å². The highest BCUT2D eigenvalue weighted by molar-refractivity contribution is 6.40. The second kappa shape index (κ2) is 8.44. The summed E-state index contributed by atoms with van der Waals surface area (Å²) in [6.45, 7) is -0.662. The molecule has 0 atom stereocenters. The zero-order chi connectivity index (χ0) is 22.0.